The molecule has 0 atom stereocenters. The average Bonchev–Trinajstić information content (AvgIpc) is 3.12. The zero-order valence-electron chi connectivity index (χ0n) is 10.7. The van der Waals surface area contributed by atoms with Crippen LogP contribution in [0.1, 0.15) is 18.9 Å². The van der Waals surface area contributed by atoms with Gasteiger partial charge >= 0.3 is 0 Å². The third-order valence-corrected chi connectivity index (χ3v) is 3.56. The predicted octanol–water partition coefficient (Wildman–Crippen LogP) is 0.943. The summed E-state index contributed by atoms with van der Waals surface area (Å²) in [6, 6.07) is 4.19. The summed E-state index contributed by atoms with van der Waals surface area (Å²) in [5.74, 6) is 0.183. The fourth-order valence-corrected chi connectivity index (χ4v) is 2.49. The van der Waals surface area contributed by atoms with E-state index in [1.165, 1.54) is 0 Å². The van der Waals surface area contributed by atoms with Crippen LogP contribution in [0.3, 0.4) is 0 Å². The van der Waals surface area contributed by atoms with Crippen molar-refractivity contribution in [2.75, 3.05) is 13.1 Å². The molecule has 0 saturated carbocycles. The summed E-state index contributed by atoms with van der Waals surface area (Å²) in [6.07, 6.45) is 9.07. The summed E-state index contributed by atoms with van der Waals surface area (Å²) >= 11 is 0. The van der Waals surface area contributed by atoms with Crippen molar-refractivity contribution in [3.8, 4) is 0 Å². The maximum absolute atomic E-state index is 12.1. The van der Waals surface area contributed by atoms with Crippen LogP contribution in [0.15, 0.2) is 36.9 Å². The molecule has 0 unspecified atom stereocenters. The van der Waals surface area contributed by atoms with Gasteiger partial charge < -0.3 is 9.47 Å². The maximum Gasteiger partial charge on any atom is 0.242 e. The minimum atomic E-state index is 0.183. The molecule has 1 saturated heterocycles. The number of hydrogen-bond acceptors (Lipinski definition) is 3. The predicted molar refractivity (Wildman–Crippen MR) is 69.3 cm³/mol. The van der Waals surface area contributed by atoms with Crippen molar-refractivity contribution in [3.63, 3.8) is 0 Å². The van der Waals surface area contributed by atoms with E-state index in [2.05, 4.69) is 10.2 Å². The van der Waals surface area contributed by atoms with Crippen LogP contribution in [0.25, 0.3) is 0 Å². The molecule has 1 fully saturated rings. The zero-order valence-corrected chi connectivity index (χ0v) is 10.7. The van der Waals surface area contributed by atoms with Crippen LogP contribution in [0.2, 0.25) is 0 Å². The third-order valence-electron chi connectivity index (χ3n) is 3.56. The van der Waals surface area contributed by atoms with Crippen molar-refractivity contribution in [2.45, 2.75) is 25.4 Å². The highest BCUT2D eigenvalue weighted by Crippen LogP contribution is 2.20. The van der Waals surface area contributed by atoms with Gasteiger partial charge in [0.1, 0.15) is 6.54 Å². The van der Waals surface area contributed by atoms with Crippen LogP contribution in [-0.4, -0.2) is 43.5 Å². The summed E-state index contributed by atoms with van der Waals surface area (Å²) in [7, 11) is 0. The van der Waals surface area contributed by atoms with Crippen LogP contribution >= 0.6 is 0 Å². The van der Waals surface area contributed by atoms with Crippen molar-refractivity contribution >= 4 is 5.91 Å². The normalized spacial score (nSPS) is 16.7. The minimum Gasteiger partial charge on any atom is -0.345 e. The largest absolute Gasteiger partial charge is 0.345 e. The van der Waals surface area contributed by atoms with E-state index in [4.69, 9.17) is 0 Å². The molecule has 6 nitrogen and oxygen atoms in total. The van der Waals surface area contributed by atoms with E-state index in [0.717, 1.165) is 25.9 Å². The Balaban J connectivity index is 1.54. The highest BCUT2D eigenvalue weighted by Gasteiger charge is 2.24. The lowest BCUT2D eigenvalue weighted by molar-refractivity contribution is -0.133. The third kappa shape index (κ3) is 2.67. The maximum atomic E-state index is 12.1. The smallest absolute Gasteiger partial charge is 0.242 e. The molecule has 0 bridgehead atoms. The van der Waals surface area contributed by atoms with Gasteiger partial charge in [0.2, 0.25) is 5.91 Å². The molecule has 1 aliphatic heterocycles. The summed E-state index contributed by atoms with van der Waals surface area (Å²) in [6.45, 7) is 2.00. The number of amides is 1. The van der Waals surface area contributed by atoms with E-state index in [1.807, 2.05) is 34.0 Å². The Morgan fingerprint density at radius 1 is 1.11 bits per heavy atom. The van der Waals surface area contributed by atoms with Crippen LogP contribution < -0.4 is 0 Å². The fourth-order valence-electron chi connectivity index (χ4n) is 2.49. The summed E-state index contributed by atoms with van der Waals surface area (Å²) in [5, 5.41) is 8.34. The van der Waals surface area contributed by atoms with E-state index in [9.17, 15) is 4.79 Å². The fraction of sp³-hybridized carbons (Fsp3) is 0.462. The first-order valence-corrected chi connectivity index (χ1v) is 6.57. The van der Waals surface area contributed by atoms with Gasteiger partial charge in [0.25, 0.3) is 0 Å². The van der Waals surface area contributed by atoms with Gasteiger partial charge in [-0.1, -0.05) is 0 Å². The van der Waals surface area contributed by atoms with Crippen LogP contribution in [0, 0.1) is 0 Å². The molecule has 0 radical (unpaired) electrons. The van der Waals surface area contributed by atoms with E-state index in [0.29, 0.717) is 12.6 Å². The standard InChI is InChI=1S/C13H17N5O/c19-13(11-16-7-1-2-8-16)17-9-3-12(4-10-17)18-14-5-6-15-18/h1-2,5-8,12H,3-4,9-11H2. The SMILES string of the molecule is O=C(Cn1cccc1)N1CCC(n2nccn2)CC1. The van der Waals surface area contributed by atoms with E-state index in [1.54, 1.807) is 17.2 Å². The monoisotopic (exact) mass is 259 g/mol. The summed E-state index contributed by atoms with van der Waals surface area (Å²) < 4.78 is 1.91. The van der Waals surface area contributed by atoms with Gasteiger partial charge in [-0.25, -0.2) is 0 Å². The quantitative estimate of drug-likeness (QED) is 0.824. The Hall–Kier alpha value is -2.11. The molecule has 3 rings (SSSR count). The molecule has 1 aliphatic rings. The molecular weight excluding hydrogens is 242 g/mol. The molecule has 3 heterocycles. The Morgan fingerprint density at radius 3 is 2.37 bits per heavy atom. The number of piperidine rings is 1. The molecule has 0 aliphatic carbocycles. The van der Waals surface area contributed by atoms with Gasteiger partial charge in [-0.15, -0.1) is 0 Å². The van der Waals surface area contributed by atoms with Crippen molar-refractivity contribution in [1.82, 2.24) is 24.5 Å². The van der Waals surface area contributed by atoms with Crippen molar-refractivity contribution < 1.29 is 4.79 Å². The second kappa shape index (κ2) is 5.26. The van der Waals surface area contributed by atoms with Crippen molar-refractivity contribution in [3.05, 3.63) is 36.9 Å². The van der Waals surface area contributed by atoms with Gasteiger partial charge in [0.05, 0.1) is 18.4 Å². The highest BCUT2D eigenvalue weighted by atomic mass is 16.2. The Bertz CT molecular complexity index is 511. The van der Waals surface area contributed by atoms with E-state index < -0.39 is 0 Å². The first kappa shape index (κ1) is 12.0. The number of carbonyl (C=O) groups is 1. The van der Waals surface area contributed by atoms with Gasteiger partial charge in [0, 0.05) is 25.5 Å². The van der Waals surface area contributed by atoms with Gasteiger partial charge in [-0.3, -0.25) is 4.79 Å². The number of aromatic nitrogens is 4. The lowest BCUT2D eigenvalue weighted by Gasteiger charge is -2.31. The molecule has 0 aromatic carbocycles. The van der Waals surface area contributed by atoms with Gasteiger partial charge in [0.15, 0.2) is 0 Å². The second-order valence-corrected chi connectivity index (χ2v) is 4.82. The van der Waals surface area contributed by atoms with E-state index in [-0.39, 0.29) is 5.91 Å². The number of likely N-dealkylation sites (tertiary alicyclic amines) is 1. The second-order valence-electron chi connectivity index (χ2n) is 4.82. The Kier molecular flexibility index (Phi) is 3.31. The van der Waals surface area contributed by atoms with Crippen LogP contribution in [0.4, 0.5) is 0 Å². The first-order valence-electron chi connectivity index (χ1n) is 6.57. The molecule has 2 aromatic heterocycles. The lowest BCUT2D eigenvalue weighted by atomic mass is 10.1. The number of hydrogen-bond donors (Lipinski definition) is 0. The van der Waals surface area contributed by atoms with E-state index >= 15 is 0 Å². The average molecular weight is 259 g/mol. The lowest BCUT2D eigenvalue weighted by Crippen LogP contribution is -2.40. The van der Waals surface area contributed by atoms with Gasteiger partial charge in [-0.05, 0) is 25.0 Å². The number of carbonyl (C=O) groups excluding carboxylic acids is 1. The Labute approximate surface area is 111 Å². The molecule has 19 heavy (non-hydrogen) atoms. The minimum absolute atomic E-state index is 0.183. The molecule has 6 heteroatoms. The summed E-state index contributed by atoms with van der Waals surface area (Å²) in [5.41, 5.74) is 0. The molecule has 2 aromatic rings. The summed E-state index contributed by atoms with van der Waals surface area (Å²) in [4.78, 5) is 15.8. The van der Waals surface area contributed by atoms with Crippen molar-refractivity contribution in [1.29, 1.82) is 0 Å². The molecule has 0 N–H and O–H groups in total. The van der Waals surface area contributed by atoms with Crippen molar-refractivity contribution in [2.24, 2.45) is 0 Å². The van der Waals surface area contributed by atoms with Crippen LogP contribution in [-0.2, 0) is 11.3 Å². The highest BCUT2D eigenvalue weighted by molar-refractivity contribution is 5.76. The molecule has 1 amide bonds. The molecular formula is C13H17N5O. The molecule has 100 valence electrons. The topological polar surface area (TPSA) is 56.0 Å². The van der Waals surface area contributed by atoms with Gasteiger partial charge in [-0.2, -0.15) is 15.0 Å². The number of nitrogens with zero attached hydrogens (tertiary/aromatic N) is 5. The number of rotatable bonds is 3. The zero-order chi connectivity index (χ0) is 13.1. The molecule has 0 spiro atoms. The Morgan fingerprint density at radius 2 is 1.74 bits per heavy atom. The first-order chi connectivity index (χ1) is 9.33. The van der Waals surface area contributed by atoms with Crippen LogP contribution in [0.5, 0.6) is 0 Å².